The van der Waals surface area contributed by atoms with Gasteiger partial charge in [0.25, 0.3) is 0 Å². The van der Waals surface area contributed by atoms with Gasteiger partial charge in [-0.3, -0.25) is 0 Å². The number of nitrogens with zero attached hydrogens (tertiary/aromatic N) is 3. The third-order valence-electron chi connectivity index (χ3n) is 5.47. The quantitative estimate of drug-likeness (QED) is 0.781. The van der Waals surface area contributed by atoms with Gasteiger partial charge in [0.1, 0.15) is 5.82 Å². The van der Waals surface area contributed by atoms with Crippen molar-refractivity contribution in [3.05, 3.63) is 46.1 Å². The molecule has 7 nitrogen and oxygen atoms in total. The van der Waals surface area contributed by atoms with Crippen LogP contribution in [0.15, 0.2) is 24.3 Å². The van der Waals surface area contributed by atoms with E-state index in [0.717, 1.165) is 30.0 Å². The van der Waals surface area contributed by atoms with Gasteiger partial charge in [0.2, 0.25) is 5.95 Å². The second kappa shape index (κ2) is 8.08. The predicted molar refractivity (Wildman–Crippen MR) is 116 cm³/mol. The molecule has 3 rings (SSSR count). The molecule has 0 aliphatic carbocycles. The molecule has 1 fully saturated rings. The van der Waals surface area contributed by atoms with Crippen LogP contribution in [0.1, 0.15) is 43.1 Å². The van der Waals surface area contributed by atoms with E-state index in [1.807, 2.05) is 25.1 Å². The maximum atomic E-state index is 12.2. The van der Waals surface area contributed by atoms with Gasteiger partial charge in [0.15, 0.2) is 9.84 Å². The zero-order valence-corrected chi connectivity index (χ0v) is 18.7. The Bertz CT molecular complexity index is 991. The Labute approximate surface area is 177 Å². The van der Waals surface area contributed by atoms with Crippen molar-refractivity contribution in [2.75, 3.05) is 36.6 Å². The molecule has 1 aromatic carbocycles. The van der Waals surface area contributed by atoms with Crippen LogP contribution in [0.5, 0.6) is 0 Å². The van der Waals surface area contributed by atoms with Crippen molar-refractivity contribution in [3.63, 3.8) is 0 Å². The van der Waals surface area contributed by atoms with Crippen LogP contribution in [0.25, 0.3) is 0 Å². The number of nitrogens with two attached hydrogens (primary N) is 1. The average molecular weight is 439 g/mol. The number of hydrogen-bond acceptors (Lipinski definition) is 7. The van der Waals surface area contributed by atoms with E-state index >= 15 is 0 Å². The largest absolute Gasteiger partial charge is 0.379 e. The molecule has 0 spiro atoms. The van der Waals surface area contributed by atoms with Crippen molar-refractivity contribution in [1.82, 2.24) is 9.97 Å². The molecule has 0 bridgehead atoms. The Morgan fingerprint density at radius 2 is 2.00 bits per heavy atom. The van der Waals surface area contributed by atoms with E-state index in [4.69, 9.17) is 22.1 Å². The van der Waals surface area contributed by atoms with Crippen LogP contribution >= 0.6 is 11.6 Å². The summed E-state index contributed by atoms with van der Waals surface area (Å²) in [6, 6.07) is 7.16. The fourth-order valence-corrected chi connectivity index (χ4v) is 4.28. The highest BCUT2D eigenvalue weighted by Crippen LogP contribution is 2.37. The lowest BCUT2D eigenvalue weighted by molar-refractivity contribution is 0.134. The van der Waals surface area contributed by atoms with Gasteiger partial charge >= 0.3 is 0 Å². The molecular weight excluding hydrogens is 412 g/mol. The first kappa shape index (κ1) is 21.8. The molecule has 0 amide bonds. The van der Waals surface area contributed by atoms with Crippen molar-refractivity contribution >= 4 is 33.2 Å². The molecule has 0 unspecified atom stereocenters. The highest BCUT2D eigenvalue weighted by atomic mass is 35.5. The van der Waals surface area contributed by atoms with Crippen LogP contribution < -0.4 is 10.6 Å². The average Bonchev–Trinajstić information content (AvgIpc) is 2.85. The number of nitrogen functional groups attached to an aromatic ring is 1. The highest BCUT2D eigenvalue weighted by molar-refractivity contribution is 7.91. The lowest BCUT2D eigenvalue weighted by Gasteiger charge is -2.32. The van der Waals surface area contributed by atoms with Gasteiger partial charge in [0, 0.05) is 36.2 Å². The maximum absolute atomic E-state index is 12.2. The number of hydrogen-bond donors (Lipinski definition) is 1. The van der Waals surface area contributed by atoms with E-state index in [-0.39, 0.29) is 12.0 Å². The molecule has 1 aromatic heterocycles. The van der Waals surface area contributed by atoms with Gasteiger partial charge in [-0.15, -0.1) is 0 Å². The topological polar surface area (TPSA) is 98.4 Å². The van der Waals surface area contributed by atoms with Crippen molar-refractivity contribution in [2.24, 2.45) is 0 Å². The van der Waals surface area contributed by atoms with E-state index < -0.39 is 14.6 Å². The molecule has 1 atom stereocenters. The van der Waals surface area contributed by atoms with Crippen molar-refractivity contribution < 1.29 is 13.2 Å². The highest BCUT2D eigenvalue weighted by Gasteiger charge is 2.34. The number of anilines is 2. The minimum absolute atomic E-state index is 0.172. The van der Waals surface area contributed by atoms with Crippen LogP contribution in [0.3, 0.4) is 0 Å². The van der Waals surface area contributed by atoms with Gasteiger partial charge in [-0.2, -0.15) is 4.98 Å². The van der Waals surface area contributed by atoms with Gasteiger partial charge in [-0.05, 0) is 44.4 Å². The Morgan fingerprint density at radius 3 is 2.62 bits per heavy atom. The zero-order chi connectivity index (χ0) is 21.4. The molecule has 1 saturated heterocycles. The molecule has 158 valence electrons. The molecule has 2 N–H and O–H groups in total. The summed E-state index contributed by atoms with van der Waals surface area (Å²) >= 11 is 6.65. The Kier molecular flexibility index (Phi) is 6.08. The van der Waals surface area contributed by atoms with E-state index in [9.17, 15) is 8.42 Å². The number of aryl methyl sites for hydroxylation is 1. The molecule has 1 aliphatic heterocycles. The summed E-state index contributed by atoms with van der Waals surface area (Å²) in [5, 5.41) is 0.499. The summed E-state index contributed by atoms with van der Waals surface area (Å²) < 4.78 is 29.2. The zero-order valence-electron chi connectivity index (χ0n) is 17.1. The molecule has 9 heteroatoms. The minimum Gasteiger partial charge on any atom is -0.379 e. The third kappa shape index (κ3) is 4.49. The third-order valence-corrected chi connectivity index (χ3v) is 7.89. The fraction of sp³-hybridized carbons (Fsp3) is 0.500. The first-order valence-electron chi connectivity index (χ1n) is 9.46. The number of aromatic nitrogens is 2. The number of benzene rings is 1. The molecule has 2 heterocycles. The Hall–Kier alpha value is -1.90. The normalized spacial score (nSPS) is 18.5. The Morgan fingerprint density at radius 1 is 1.28 bits per heavy atom. The molecular formula is C20H27ClN4O3S. The van der Waals surface area contributed by atoms with Crippen LogP contribution in [0.2, 0.25) is 5.02 Å². The number of rotatable bonds is 4. The van der Waals surface area contributed by atoms with E-state index in [1.54, 1.807) is 19.9 Å². The van der Waals surface area contributed by atoms with Crippen LogP contribution in [-0.4, -0.2) is 44.4 Å². The standard InChI is InChI=1S/C20H27ClN4O3S/c1-13-10-18(24-19(22)23-13)25-8-5-9-28-12-17(25)15-7-6-14(11-16(15)21)20(2,3)29(4,26)27/h6-7,10-11,17H,5,8-9,12H2,1-4H3,(H2,22,23,24)/t17-/m1/s1. The molecule has 0 saturated carbocycles. The molecule has 29 heavy (non-hydrogen) atoms. The van der Waals surface area contributed by atoms with Crippen LogP contribution in [-0.2, 0) is 19.3 Å². The van der Waals surface area contributed by atoms with E-state index in [0.29, 0.717) is 23.8 Å². The monoisotopic (exact) mass is 438 g/mol. The van der Waals surface area contributed by atoms with Gasteiger partial charge in [-0.25, -0.2) is 13.4 Å². The van der Waals surface area contributed by atoms with Crippen molar-refractivity contribution in [1.29, 1.82) is 0 Å². The van der Waals surface area contributed by atoms with Gasteiger partial charge in [0.05, 0.1) is 17.4 Å². The second-order valence-corrected chi connectivity index (χ2v) is 10.9. The summed E-state index contributed by atoms with van der Waals surface area (Å²) in [5.74, 6) is 0.947. The number of sulfone groups is 1. The van der Waals surface area contributed by atoms with Crippen molar-refractivity contribution in [3.8, 4) is 0 Å². The van der Waals surface area contributed by atoms with Gasteiger partial charge in [-0.1, -0.05) is 23.7 Å². The summed E-state index contributed by atoms with van der Waals surface area (Å²) in [6.45, 7) is 7.05. The Balaban J connectivity index is 2.04. The first-order valence-corrected chi connectivity index (χ1v) is 11.7. The molecule has 2 aromatic rings. The summed E-state index contributed by atoms with van der Waals surface area (Å²) in [4.78, 5) is 10.7. The van der Waals surface area contributed by atoms with Crippen molar-refractivity contribution in [2.45, 2.75) is 38.0 Å². The van der Waals surface area contributed by atoms with E-state index in [1.165, 1.54) is 6.26 Å². The van der Waals surface area contributed by atoms with Crippen LogP contribution in [0.4, 0.5) is 11.8 Å². The number of halogens is 1. The summed E-state index contributed by atoms with van der Waals surface area (Å²) in [7, 11) is -3.30. The lowest BCUT2D eigenvalue weighted by Crippen LogP contribution is -2.32. The summed E-state index contributed by atoms with van der Waals surface area (Å²) in [6.07, 6.45) is 2.08. The molecule has 0 radical (unpaired) electrons. The summed E-state index contributed by atoms with van der Waals surface area (Å²) in [5.41, 5.74) is 8.16. The lowest BCUT2D eigenvalue weighted by atomic mass is 9.97. The molecule has 1 aliphatic rings. The number of ether oxygens (including phenoxy) is 1. The SMILES string of the molecule is Cc1cc(N2CCCOC[C@@H]2c2ccc(C(C)(C)S(C)(=O)=O)cc2Cl)nc(N)n1. The maximum Gasteiger partial charge on any atom is 0.222 e. The first-order chi connectivity index (χ1) is 13.5. The fourth-order valence-electron chi connectivity index (χ4n) is 3.42. The predicted octanol–water partition coefficient (Wildman–Crippen LogP) is 3.27. The van der Waals surface area contributed by atoms with Gasteiger partial charge < -0.3 is 15.4 Å². The van der Waals surface area contributed by atoms with E-state index in [2.05, 4.69) is 14.9 Å². The van der Waals surface area contributed by atoms with Crippen LogP contribution in [0, 0.1) is 6.92 Å². The second-order valence-electron chi connectivity index (χ2n) is 7.88. The smallest absolute Gasteiger partial charge is 0.222 e. The minimum atomic E-state index is -3.30.